The van der Waals surface area contributed by atoms with Crippen LogP contribution in [0.3, 0.4) is 0 Å². The van der Waals surface area contributed by atoms with Gasteiger partial charge in [-0.1, -0.05) is 19.1 Å². The van der Waals surface area contributed by atoms with E-state index < -0.39 is 0 Å². The Morgan fingerprint density at radius 3 is 2.56 bits per heavy atom. The summed E-state index contributed by atoms with van der Waals surface area (Å²) in [7, 11) is 1.70. The topological polar surface area (TPSA) is 35.2 Å². The lowest BCUT2D eigenvalue weighted by atomic mass is 9.90. The molecule has 0 saturated heterocycles. The molecule has 1 saturated carbocycles. The summed E-state index contributed by atoms with van der Waals surface area (Å²) in [4.78, 5) is 0. The second-order valence-corrected chi connectivity index (χ2v) is 4.95. The molecule has 2 rings (SSSR count). The first kappa shape index (κ1) is 11.5. The van der Waals surface area contributed by atoms with Crippen molar-refractivity contribution in [3.8, 4) is 5.75 Å². The smallest absolute Gasteiger partial charge is 0.121 e. The Kier molecular flexibility index (Phi) is 3.20. The molecule has 2 N–H and O–H groups in total. The number of nitrogens with two attached hydrogens (primary N) is 1. The lowest BCUT2D eigenvalue weighted by Crippen LogP contribution is -2.20. The average Bonchev–Trinajstić information content (AvgIpc) is 3.11. The largest absolute Gasteiger partial charge is 0.496 e. The van der Waals surface area contributed by atoms with Gasteiger partial charge < -0.3 is 10.5 Å². The van der Waals surface area contributed by atoms with Crippen molar-refractivity contribution in [1.29, 1.82) is 0 Å². The maximum atomic E-state index is 6.30. The number of hydrogen-bond donors (Lipinski definition) is 1. The number of hydrogen-bond acceptors (Lipinski definition) is 2. The third-order valence-corrected chi connectivity index (χ3v) is 3.74. The van der Waals surface area contributed by atoms with Gasteiger partial charge in [0.1, 0.15) is 5.75 Å². The number of methoxy groups -OCH3 is 1. The fourth-order valence-electron chi connectivity index (χ4n) is 2.33. The summed E-state index contributed by atoms with van der Waals surface area (Å²) in [5.41, 5.74) is 8.70. The predicted octanol–water partition coefficient (Wildman–Crippen LogP) is 3.05. The molecule has 0 amide bonds. The van der Waals surface area contributed by atoms with Gasteiger partial charge in [0.25, 0.3) is 0 Å². The Morgan fingerprint density at radius 2 is 2.06 bits per heavy atom. The summed E-state index contributed by atoms with van der Waals surface area (Å²) in [5, 5.41) is 0. The number of rotatable bonds is 4. The Morgan fingerprint density at radius 1 is 1.38 bits per heavy atom. The second kappa shape index (κ2) is 4.46. The number of ether oxygens (including phenoxy) is 1. The molecule has 2 heteroatoms. The SMILES string of the molecule is COc1ccc(C(N)C(C)C2CC2)cc1C. The third kappa shape index (κ3) is 2.22. The highest BCUT2D eigenvalue weighted by Gasteiger charge is 2.32. The van der Waals surface area contributed by atoms with E-state index in [4.69, 9.17) is 10.5 Å². The van der Waals surface area contributed by atoms with Crippen molar-refractivity contribution in [2.24, 2.45) is 17.6 Å². The van der Waals surface area contributed by atoms with Crippen molar-refractivity contribution < 1.29 is 4.74 Å². The normalized spacial score (nSPS) is 19.2. The molecule has 0 spiro atoms. The first-order valence-corrected chi connectivity index (χ1v) is 6.03. The monoisotopic (exact) mass is 219 g/mol. The Hall–Kier alpha value is -1.02. The maximum absolute atomic E-state index is 6.30. The zero-order valence-electron chi connectivity index (χ0n) is 10.4. The molecule has 2 atom stereocenters. The van der Waals surface area contributed by atoms with Gasteiger partial charge >= 0.3 is 0 Å². The molecule has 2 unspecified atom stereocenters. The Balaban J connectivity index is 2.16. The molecular formula is C14H21NO. The van der Waals surface area contributed by atoms with Crippen LogP contribution in [0.5, 0.6) is 5.75 Å². The quantitative estimate of drug-likeness (QED) is 0.844. The van der Waals surface area contributed by atoms with Gasteiger partial charge in [-0.05, 0) is 48.8 Å². The molecular weight excluding hydrogens is 198 g/mol. The fraction of sp³-hybridized carbons (Fsp3) is 0.571. The van der Waals surface area contributed by atoms with Crippen LogP contribution in [0.15, 0.2) is 18.2 Å². The molecule has 88 valence electrons. The van der Waals surface area contributed by atoms with Crippen LogP contribution in [0.1, 0.15) is 36.9 Å². The standard InChI is InChI=1S/C14H21NO/c1-9-8-12(6-7-13(9)16-3)14(15)10(2)11-4-5-11/h6-8,10-11,14H,4-5,15H2,1-3H3. The van der Waals surface area contributed by atoms with Crippen molar-refractivity contribution in [3.63, 3.8) is 0 Å². The summed E-state index contributed by atoms with van der Waals surface area (Å²) in [5.74, 6) is 2.38. The van der Waals surface area contributed by atoms with E-state index in [0.717, 1.165) is 11.7 Å². The van der Waals surface area contributed by atoms with Gasteiger partial charge in [-0.15, -0.1) is 0 Å². The summed E-state index contributed by atoms with van der Waals surface area (Å²) in [6, 6.07) is 6.43. The highest BCUT2D eigenvalue weighted by molar-refractivity contribution is 5.37. The van der Waals surface area contributed by atoms with Crippen molar-refractivity contribution in [1.82, 2.24) is 0 Å². The summed E-state index contributed by atoms with van der Waals surface area (Å²) < 4.78 is 5.26. The molecule has 16 heavy (non-hydrogen) atoms. The molecule has 1 aromatic carbocycles. The van der Waals surface area contributed by atoms with Crippen LogP contribution in [-0.2, 0) is 0 Å². The summed E-state index contributed by atoms with van der Waals surface area (Å²) in [6.45, 7) is 4.33. The van der Waals surface area contributed by atoms with Crippen LogP contribution in [-0.4, -0.2) is 7.11 Å². The predicted molar refractivity (Wildman–Crippen MR) is 66.5 cm³/mol. The minimum absolute atomic E-state index is 0.164. The zero-order valence-corrected chi connectivity index (χ0v) is 10.4. The van der Waals surface area contributed by atoms with E-state index in [2.05, 4.69) is 26.0 Å². The molecule has 1 fully saturated rings. The van der Waals surface area contributed by atoms with E-state index in [1.54, 1.807) is 7.11 Å². The third-order valence-electron chi connectivity index (χ3n) is 3.74. The average molecular weight is 219 g/mol. The molecule has 0 aliphatic heterocycles. The van der Waals surface area contributed by atoms with E-state index in [-0.39, 0.29) is 6.04 Å². The lowest BCUT2D eigenvalue weighted by molar-refractivity contribution is 0.406. The van der Waals surface area contributed by atoms with E-state index in [1.165, 1.54) is 24.0 Å². The highest BCUT2D eigenvalue weighted by Crippen LogP contribution is 2.42. The molecule has 0 aromatic heterocycles. The van der Waals surface area contributed by atoms with Crippen LogP contribution in [0.25, 0.3) is 0 Å². The molecule has 0 heterocycles. The van der Waals surface area contributed by atoms with Crippen molar-refractivity contribution in [2.45, 2.75) is 32.7 Å². The van der Waals surface area contributed by atoms with Crippen molar-refractivity contribution in [2.75, 3.05) is 7.11 Å². The van der Waals surface area contributed by atoms with E-state index in [1.807, 2.05) is 6.07 Å². The van der Waals surface area contributed by atoms with Crippen LogP contribution < -0.4 is 10.5 Å². The fourth-order valence-corrected chi connectivity index (χ4v) is 2.33. The van der Waals surface area contributed by atoms with Crippen molar-refractivity contribution >= 4 is 0 Å². The Labute approximate surface area is 97.8 Å². The first-order chi connectivity index (χ1) is 7.63. The van der Waals surface area contributed by atoms with Crippen LogP contribution >= 0.6 is 0 Å². The van der Waals surface area contributed by atoms with Gasteiger partial charge in [0.2, 0.25) is 0 Å². The molecule has 0 bridgehead atoms. The Bertz CT molecular complexity index is 371. The number of benzene rings is 1. The van der Waals surface area contributed by atoms with Gasteiger partial charge in [-0.2, -0.15) is 0 Å². The molecule has 2 nitrogen and oxygen atoms in total. The second-order valence-electron chi connectivity index (χ2n) is 4.95. The highest BCUT2D eigenvalue weighted by atomic mass is 16.5. The minimum atomic E-state index is 0.164. The molecule has 1 aromatic rings. The van der Waals surface area contributed by atoms with E-state index in [0.29, 0.717) is 5.92 Å². The summed E-state index contributed by atoms with van der Waals surface area (Å²) >= 11 is 0. The summed E-state index contributed by atoms with van der Waals surface area (Å²) in [6.07, 6.45) is 2.70. The maximum Gasteiger partial charge on any atom is 0.121 e. The first-order valence-electron chi connectivity index (χ1n) is 6.03. The molecule has 1 aliphatic rings. The van der Waals surface area contributed by atoms with Crippen LogP contribution in [0.4, 0.5) is 0 Å². The molecule has 1 aliphatic carbocycles. The zero-order chi connectivity index (χ0) is 11.7. The van der Waals surface area contributed by atoms with Crippen molar-refractivity contribution in [3.05, 3.63) is 29.3 Å². The van der Waals surface area contributed by atoms with Gasteiger partial charge in [-0.3, -0.25) is 0 Å². The van der Waals surface area contributed by atoms with Gasteiger partial charge in [0, 0.05) is 6.04 Å². The number of aryl methyl sites for hydroxylation is 1. The van der Waals surface area contributed by atoms with Gasteiger partial charge in [-0.25, -0.2) is 0 Å². The van der Waals surface area contributed by atoms with Gasteiger partial charge in [0.05, 0.1) is 7.11 Å². The van der Waals surface area contributed by atoms with Crippen LogP contribution in [0.2, 0.25) is 0 Å². The molecule has 0 radical (unpaired) electrons. The van der Waals surface area contributed by atoms with E-state index in [9.17, 15) is 0 Å². The van der Waals surface area contributed by atoms with Crippen LogP contribution in [0, 0.1) is 18.8 Å². The van der Waals surface area contributed by atoms with E-state index >= 15 is 0 Å². The minimum Gasteiger partial charge on any atom is -0.496 e. The lowest BCUT2D eigenvalue weighted by Gasteiger charge is -2.20. The van der Waals surface area contributed by atoms with Gasteiger partial charge in [0.15, 0.2) is 0 Å².